The van der Waals surface area contributed by atoms with E-state index in [0.717, 1.165) is 4.70 Å². The second-order valence-corrected chi connectivity index (χ2v) is 7.48. The van der Waals surface area contributed by atoms with Gasteiger partial charge in [-0.1, -0.05) is 35.1 Å². The summed E-state index contributed by atoms with van der Waals surface area (Å²) < 4.78 is 17.2. The van der Waals surface area contributed by atoms with E-state index in [1.165, 1.54) is 11.3 Å². The number of carbonyl (C=O) groups is 1. The van der Waals surface area contributed by atoms with Gasteiger partial charge in [-0.05, 0) is 36.4 Å². The van der Waals surface area contributed by atoms with Crippen LogP contribution in [0.4, 0.5) is 5.13 Å². The number of aromatic nitrogens is 1. The standard InChI is InChI=1S/C21H17ClN2O4S/c1-26-16-9-10-17(27-2)19-18(16)23-21(29-19)24(12-13-6-5-11-28-13)20(25)14-7-3-4-8-15(14)22/h3-11H,12H2,1-2H3. The highest BCUT2D eigenvalue weighted by molar-refractivity contribution is 7.22. The molecule has 2 aromatic carbocycles. The first-order chi connectivity index (χ1) is 14.1. The van der Waals surface area contributed by atoms with Crippen molar-refractivity contribution >= 4 is 44.2 Å². The van der Waals surface area contributed by atoms with Crippen molar-refractivity contribution in [2.45, 2.75) is 6.54 Å². The molecule has 29 heavy (non-hydrogen) atoms. The second-order valence-electron chi connectivity index (χ2n) is 6.09. The average molecular weight is 429 g/mol. The number of hydrogen-bond donors (Lipinski definition) is 0. The van der Waals surface area contributed by atoms with Crippen LogP contribution in [0.25, 0.3) is 10.2 Å². The van der Waals surface area contributed by atoms with Gasteiger partial charge in [0.25, 0.3) is 5.91 Å². The van der Waals surface area contributed by atoms with Gasteiger partial charge < -0.3 is 13.9 Å². The SMILES string of the molecule is COc1ccc(OC)c2sc(N(Cc3ccco3)C(=O)c3ccccc3Cl)nc12. The number of carbonyl (C=O) groups excluding carboxylic acids is 1. The number of amides is 1. The Kier molecular flexibility index (Phi) is 5.42. The smallest absolute Gasteiger partial charge is 0.262 e. The third-order valence-corrected chi connectivity index (χ3v) is 5.80. The summed E-state index contributed by atoms with van der Waals surface area (Å²) in [6, 6.07) is 14.1. The highest BCUT2D eigenvalue weighted by Gasteiger charge is 2.26. The summed E-state index contributed by atoms with van der Waals surface area (Å²) in [4.78, 5) is 19.6. The maximum atomic E-state index is 13.4. The van der Waals surface area contributed by atoms with Crippen molar-refractivity contribution in [1.29, 1.82) is 0 Å². The molecule has 8 heteroatoms. The Morgan fingerprint density at radius 1 is 1.10 bits per heavy atom. The molecule has 0 saturated carbocycles. The number of nitrogens with zero attached hydrogens (tertiary/aromatic N) is 2. The number of ether oxygens (including phenoxy) is 2. The number of furan rings is 1. The molecule has 6 nitrogen and oxygen atoms in total. The van der Waals surface area contributed by atoms with Crippen LogP contribution in [0.2, 0.25) is 5.02 Å². The zero-order chi connectivity index (χ0) is 20.4. The lowest BCUT2D eigenvalue weighted by molar-refractivity contribution is 0.0983. The second kappa shape index (κ2) is 8.14. The molecular weight excluding hydrogens is 412 g/mol. The Hall–Kier alpha value is -3.03. The Morgan fingerprint density at radius 3 is 2.55 bits per heavy atom. The normalized spacial score (nSPS) is 10.9. The number of anilines is 1. The predicted octanol–water partition coefficient (Wildman–Crippen LogP) is 5.41. The van der Waals surface area contributed by atoms with Crippen LogP contribution in [0.1, 0.15) is 16.1 Å². The predicted molar refractivity (Wildman–Crippen MR) is 113 cm³/mol. The van der Waals surface area contributed by atoms with Gasteiger partial charge >= 0.3 is 0 Å². The van der Waals surface area contributed by atoms with Gasteiger partial charge in [0, 0.05) is 0 Å². The van der Waals surface area contributed by atoms with Crippen molar-refractivity contribution < 1.29 is 18.7 Å². The monoisotopic (exact) mass is 428 g/mol. The topological polar surface area (TPSA) is 64.8 Å². The summed E-state index contributed by atoms with van der Waals surface area (Å²) in [5.41, 5.74) is 1.02. The first-order valence-corrected chi connectivity index (χ1v) is 9.92. The van der Waals surface area contributed by atoms with Crippen LogP contribution in [0, 0.1) is 0 Å². The summed E-state index contributed by atoms with van der Waals surface area (Å²) in [5, 5.41) is 0.863. The van der Waals surface area contributed by atoms with Crippen molar-refractivity contribution in [3.63, 3.8) is 0 Å². The maximum Gasteiger partial charge on any atom is 0.262 e. The minimum Gasteiger partial charge on any atom is -0.495 e. The van der Waals surface area contributed by atoms with E-state index in [9.17, 15) is 4.79 Å². The third-order valence-electron chi connectivity index (χ3n) is 4.37. The first kappa shape index (κ1) is 19.3. The van der Waals surface area contributed by atoms with Crippen molar-refractivity contribution in [3.05, 3.63) is 71.1 Å². The van der Waals surface area contributed by atoms with Gasteiger partial charge in [0.15, 0.2) is 5.13 Å². The number of fused-ring (bicyclic) bond motifs is 1. The molecule has 0 unspecified atom stereocenters. The van der Waals surface area contributed by atoms with Gasteiger partial charge in [-0.25, -0.2) is 4.98 Å². The van der Waals surface area contributed by atoms with Gasteiger partial charge in [0.05, 0.1) is 37.6 Å². The zero-order valence-corrected chi connectivity index (χ0v) is 17.3. The molecule has 0 aliphatic heterocycles. The van der Waals surface area contributed by atoms with Crippen molar-refractivity contribution in [2.75, 3.05) is 19.1 Å². The minimum atomic E-state index is -0.274. The van der Waals surface area contributed by atoms with E-state index >= 15 is 0 Å². The largest absolute Gasteiger partial charge is 0.495 e. The van der Waals surface area contributed by atoms with E-state index in [0.29, 0.717) is 38.5 Å². The van der Waals surface area contributed by atoms with E-state index in [1.807, 2.05) is 6.07 Å². The van der Waals surface area contributed by atoms with Crippen LogP contribution in [0.3, 0.4) is 0 Å². The molecule has 2 aromatic heterocycles. The highest BCUT2D eigenvalue weighted by Crippen LogP contribution is 2.41. The van der Waals surface area contributed by atoms with E-state index in [2.05, 4.69) is 4.98 Å². The van der Waals surface area contributed by atoms with E-state index in [-0.39, 0.29) is 12.5 Å². The van der Waals surface area contributed by atoms with Gasteiger partial charge in [0.1, 0.15) is 27.5 Å². The molecule has 0 aliphatic rings. The van der Waals surface area contributed by atoms with Crippen LogP contribution in [0.15, 0.2) is 59.2 Å². The van der Waals surface area contributed by atoms with E-state index in [1.54, 1.807) is 67.8 Å². The molecule has 0 N–H and O–H groups in total. The lowest BCUT2D eigenvalue weighted by Crippen LogP contribution is -2.30. The summed E-state index contributed by atoms with van der Waals surface area (Å²) in [6.45, 7) is 0.210. The Bertz CT molecular complexity index is 1120. The highest BCUT2D eigenvalue weighted by atomic mass is 35.5. The molecule has 2 heterocycles. The number of benzene rings is 2. The van der Waals surface area contributed by atoms with Crippen molar-refractivity contribution in [1.82, 2.24) is 4.98 Å². The number of methoxy groups -OCH3 is 2. The zero-order valence-electron chi connectivity index (χ0n) is 15.7. The molecule has 0 saturated heterocycles. The molecule has 0 radical (unpaired) electrons. The van der Waals surface area contributed by atoms with Gasteiger partial charge in [-0.3, -0.25) is 9.69 Å². The quantitative estimate of drug-likeness (QED) is 0.411. The third kappa shape index (κ3) is 3.66. The minimum absolute atomic E-state index is 0.210. The lowest BCUT2D eigenvalue weighted by Gasteiger charge is -2.19. The maximum absolute atomic E-state index is 13.4. The molecule has 4 rings (SSSR count). The van der Waals surface area contributed by atoms with Gasteiger partial charge in [-0.15, -0.1) is 0 Å². The number of thiazole rings is 1. The van der Waals surface area contributed by atoms with Crippen LogP contribution >= 0.6 is 22.9 Å². The fourth-order valence-electron chi connectivity index (χ4n) is 2.95. The van der Waals surface area contributed by atoms with Gasteiger partial charge in [0.2, 0.25) is 0 Å². The van der Waals surface area contributed by atoms with Crippen LogP contribution in [-0.2, 0) is 6.54 Å². The fraction of sp³-hybridized carbons (Fsp3) is 0.143. The molecule has 0 aliphatic carbocycles. The molecule has 0 bridgehead atoms. The lowest BCUT2D eigenvalue weighted by atomic mass is 10.2. The molecule has 1 amide bonds. The molecule has 0 atom stereocenters. The van der Waals surface area contributed by atoms with Crippen molar-refractivity contribution in [2.24, 2.45) is 0 Å². The molecular formula is C21H17ClN2O4S. The Balaban J connectivity index is 1.85. The molecule has 4 aromatic rings. The van der Waals surface area contributed by atoms with Crippen molar-refractivity contribution in [3.8, 4) is 11.5 Å². The summed E-state index contributed by atoms with van der Waals surface area (Å²) >= 11 is 7.62. The van der Waals surface area contributed by atoms with E-state index in [4.69, 9.17) is 25.5 Å². The van der Waals surface area contributed by atoms with Crippen LogP contribution < -0.4 is 14.4 Å². The number of rotatable bonds is 6. The molecule has 148 valence electrons. The van der Waals surface area contributed by atoms with Crippen LogP contribution in [0.5, 0.6) is 11.5 Å². The summed E-state index contributed by atoms with van der Waals surface area (Å²) in [6.07, 6.45) is 1.57. The number of hydrogen-bond acceptors (Lipinski definition) is 6. The fourth-order valence-corrected chi connectivity index (χ4v) is 4.24. The summed E-state index contributed by atoms with van der Waals surface area (Å²) in [5.74, 6) is 1.62. The van der Waals surface area contributed by atoms with Crippen LogP contribution in [-0.4, -0.2) is 25.1 Å². The Labute approximate surface area is 176 Å². The average Bonchev–Trinajstić information content (AvgIpc) is 3.41. The van der Waals surface area contributed by atoms with E-state index < -0.39 is 0 Å². The number of halogens is 1. The summed E-state index contributed by atoms with van der Waals surface area (Å²) in [7, 11) is 3.17. The molecule has 0 fully saturated rings. The molecule has 0 spiro atoms. The first-order valence-electron chi connectivity index (χ1n) is 8.72. The Morgan fingerprint density at radius 2 is 1.86 bits per heavy atom. The van der Waals surface area contributed by atoms with Gasteiger partial charge in [-0.2, -0.15) is 0 Å².